The van der Waals surface area contributed by atoms with Crippen molar-refractivity contribution in [3.63, 3.8) is 0 Å². The molecule has 3 N–H and O–H groups in total. The van der Waals surface area contributed by atoms with Crippen LogP contribution in [0.4, 0.5) is 0 Å². The summed E-state index contributed by atoms with van der Waals surface area (Å²) in [6.45, 7) is 0.499. The maximum absolute atomic E-state index is 11.7. The summed E-state index contributed by atoms with van der Waals surface area (Å²) in [5, 5.41) is 3.05. The summed E-state index contributed by atoms with van der Waals surface area (Å²) >= 11 is 0. The van der Waals surface area contributed by atoms with Crippen molar-refractivity contribution in [2.24, 2.45) is 11.1 Å². The highest BCUT2D eigenvalue weighted by molar-refractivity contribution is 5.85. The average molecular weight is 180 g/mol. The Morgan fingerprint density at radius 3 is 2.54 bits per heavy atom. The van der Waals surface area contributed by atoms with Crippen LogP contribution in [0.2, 0.25) is 0 Å². The van der Waals surface area contributed by atoms with Crippen LogP contribution in [0.3, 0.4) is 0 Å². The number of carbonyl (C=O) groups is 1. The van der Waals surface area contributed by atoms with Crippen molar-refractivity contribution in [3.8, 4) is 0 Å². The van der Waals surface area contributed by atoms with E-state index in [2.05, 4.69) is 17.5 Å². The lowest BCUT2D eigenvalue weighted by atomic mass is 10.1. The molecule has 0 aromatic carbocycles. The molecule has 2 aliphatic carbocycles. The fourth-order valence-corrected chi connectivity index (χ4v) is 1.75. The van der Waals surface area contributed by atoms with E-state index in [0.717, 1.165) is 25.7 Å². The molecule has 0 aromatic heterocycles. The van der Waals surface area contributed by atoms with Gasteiger partial charge >= 0.3 is 0 Å². The van der Waals surface area contributed by atoms with Gasteiger partial charge in [-0.25, -0.2) is 0 Å². The Hall–Kier alpha value is -0.830. The number of amides is 1. The number of hydrogen-bond donors (Lipinski definition) is 2. The van der Waals surface area contributed by atoms with E-state index in [-0.39, 0.29) is 11.3 Å². The Kier molecular flexibility index (Phi) is 2.12. The third-order valence-corrected chi connectivity index (χ3v) is 3.07. The average Bonchev–Trinajstić information content (AvgIpc) is 2.79. The van der Waals surface area contributed by atoms with Crippen LogP contribution in [0.25, 0.3) is 0 Å². The first kappa shape index (κ1) is 8.75. The molecule has 0 radical (unpaired) electrons. The molecule has 1 fully saturated rings. The summed E-state index contributed by atoms with van der Waals surface area (Å²) in [7, 11) is 0. The van der Waals surface area contributed by atoms with Gasteiger partial charge in [0.25, 0.3) is 0 Å². The molecule has 0 heterocycles. The molecular weight excluding hydrogens is 164 g/mol. The predicted molar refractivity (Wildman–Crippen MR) is 51.0 cm³/mol. The Labute approximate surface area is 78.4 Å². The topological polar surface area (TPSA) is 55.1 Å². The van der Waals surface area contributed by atoms with Crippen molar-refractivity contribution in [2.45, 2.75) is 31.7 Å². The van der Waals surface area contributed by atoms with Crippen molar-refractivity contribution in [1.82, 2.24) is 5.32 Å². The Morgan fingerprint density at radius 2 is 2.08 bits per heavy atom. The molecule has 0 aliphatic heterocycles. The van der Waals surface area contributed by atoms with Crippen molar-refractivity contribution in [1.29, 1.82) is 0 Å². The van der Waals surface area contributed by atoms with Crippen LogP contribution in [0.15, 0.2) is 12.2 Å². The van der Waals surface area contributed by atoms with Gasteiger partial charge in [0.15, 0.2) is 0 Å². The molecule has 0 aromatic rings. The van der Waals surface area contributed by atoms with E-state index >= 15 is 0 Å². The van der Waals surface area contributed by atoms with Gasteiger partial charge in [0.2, 0.25) is 5.91 Å². The molecule has 0 saturated heterocycles. The van der Waals surface area contributed by atoms with E-state index in [9.17, 15) is 4.79 Å². The van der Waals surface area contributed by atoms with Gasteiger partial charge in [-0.15, -0.1) is 0 Å². The molecule has 1 saturated carbocycles. The number of rotatable bonds is 3. The van der Waals surface area contributed by atoms with E-state index in [4.69, 9.17) is 5.73 Å². The minimum Gasteiger partial charge on any atom is -0.352 e. The summed E-state index contributed by atoms with van der Waals surface area (Å²) in [6.07, 6.45) is 8.13. The number of hydrogen-bond acceptors (Lipinski definition) is 2. The van der Waals surface area contributed by atoms with Gasteiger partial charge in [-0.2, -0.15) is 0 Å². The van der Waals surface area contributed by atoms with E-state index < -0.39 is 0 Å². The minimum atomic E-state index is -0.192. The van der Waals surface area contributed by atoms with E-state index in [1.807, 2.05) is 0 Å². The number of carbonyl (C=O) groups excluding carboxylic acids is 1. The molecule has 72 valence electrons. The molecule has 13 heavy (non-hydrogen) atoms. The zero-order chi connectivity index (χ0) is 9.31. The lowest BCUT2D eigenvalue weighted by molar-refractivity contribution is -0.126. The largest absolute Gasteiger partial charge is 0.352 e. The van der Waals surface area contributed by atoms with Crippen LogP contribution in [-0.2, 0) is 4.79 Å². The van der Waals surface area contributed by atoms with E-state index in [1.54, 1.807) is 0 Å². The van der Waals surface area contributed by atoms with Crippen molar-refractivity contribution in [2.75, 3.05) is 6.54 Å². The van der Waals surface area contributed by atoms with Gasteiger partial charge in [0.1, 0.15) is 0 Å². The van der Waals surface area contributed by atoms with E-state index in [0.29, 0.717) is 12.6 Å². The molecule has 0 unspecified atom stereocenters. The lowest BCUT2D eigenvalue weighted by Crippen LogP contribution is -2.41. The van der Waals surface area contributed by atoms with Crippen molar-refractivity contribution in [3.05, 3.63) is 12.2 Å². The smallest absolute Gasteiger partial charge is 0.227 e. The van der Waals surface area contributed by atoms with Crippen LogP contribution >= 0.6 is 0 Å². The molecule has 3 nitrogen and oxygen atoms in total. The summed E-state index contributed by atoms with van der Waals surface area (Å²) in [5.41, 5.74) is 5.38. The molecule has 3 heteroatoms. The molecule has 0 atom stereocenters. The fourth-order valence-electron chi connectivity index (χ4n) is 1.75. The number of nitrogens with two attached hydrogens (primary N) is 1. The molecule has 2 rings (SSSR count). The standard InChI is InChI=1S/C10H16N2O/c11-7-10(5-6-10)9(13)12-8-3-1-2-4-8/h1-2,8H,3-7,11H2,(H,12,13). The minimum absolute atomic E-state index is 0.170. The highest BCUT2D eigenvalue weighted by Crippen LogP contribution is 2.44. The maximum Gasteiger partial charge on any atom is 0.227 e. The molecular formula is C10H16N2O. The molecule has 1 amide bonds. The van der Waals surface area contributed by atoms with Crippen molar-refractivity contribution >= 4 is 5.91 Å². The second-order valence-corrected chi connectivity index (χ2v) is 4.10. The Morgan fingerprint density at radius 1 is 1.46 bits per heavy atom. The Balaban J connectivity index is 1.84. The SMILES string of the molecule is NCC1(C(=O)NC2CC=CC2)CC1. The van der Waals surface area contributed by atoms with Crippen LogP contribution < -0.4 is 11.1 Å². The summed E-state index contributed by atoms with van der Waals surface area (Å²) in [5.74, 6) is 0.170. The predicted octanol–water partition coefficient (Wildman–Crippen LogP) is 0.560. The quantitative estimate of drug-likeness (QED) is 0.623. The van der Waals surface area contributed by atoms with Gasteiger partial charge in [-0.05, 0) is 25.7 Å². The zero-order valence-electron chi connectivity index (χ0n) is 7.75. The third-order valence-electron chi connectivity index (χ3n) is 3.07. The van der Waals surface area contributed by atoms with E-state index in [1.165, 1.54) is 0 Å². The van der Waals surface area contributed by atoms with Gasteiger partial charge < -0.3 is 11.1 Å². The van der Waals surface area contributed by atoms with Crippen LogP contribution in [-0.4, -0.2) is 18.5 Å². The second-order valence-electron chi connectivity index (χ2n) is 4.10. The third kappa shape index (κ3) is 1.61. The monoisotopic (exact) mass is 180 g/mol. The second kappa shape index (κ2) is 3.14. The Bertz CT molecular complexity index is 235. The maximum atomic E-state index is 11.7. The summed E-state index contributed by atoms with van der Waals surface area (Å²) in [6, 6.07) is 0.330. The van der Waals surface area contributed by atoms with Crippen LogP contribution in [0.1, 0.15) is 25.7 Å². The number of nitrogens with one attached hydrogen (secondary N) is 1. The van der Waals surface area contributed by atoms with Gasteiger partial charge in [0, 0.05) is 12.6 Å². The molecule has 2 aliphatic rings. The highest BCUT2D eigenvalue weighted by atomic mass is 16.2. The molecule has 0 bridgehead atoms. The fraction of sp³-hybridized carbons (Fsp3) is 0.700. The van der Waals surface area contributed by atoms with Crippen LogP contribution in [0.5, 0.6) is 0 Å². The summed E-state index contributed by atoms with van der Waals surface area (Å²) in [4.78, 5) is 11.7. The first-order valence-corrected chi connectivity index (χ1v) is 4.93. The lowest BCUT2D eigenvalue weighted by Gasteiger charge is -2.17. The first-order chi connectivity index (χ1) is 6.27. The van der Waals surface area contributed by atoms with Crippen LogP contribution in [0, 0.1) is 5.41 Å². The van der Waals surface area contributed by atoms with Gasteiger partial charge in [-0.1, -0.05) is 12.2 Å². The first-order valence-electron chi connectivity index (χ1n) is 4.93. The molecule has 0 spiro atoms. The van der Waals surface area contributed by atoms with Crippen molar-refractivity contribution < 1.29 is 4.79 Å². The zero-order valence-corrected chi connectivity index (χ0v) is 7.75. The van der Waals surface area contributed by atoms with Gasteiger partial charge in [0.05, 0.1) is 5.41 Å². The van der Waals surface area contributed by atoms with Gasteiger partial charge in [-0.3, -0.25) is 4.79 Å². The normalized spacial score (nSPS) is 24.7. The summed E-state index contributed by atoms with van der Waals surface area (Å²) < 4.78 is 0. The highest BCUT2D eigenvalue weighted by Gasteiger charge is 2.48.